The maximum atomic E-state index is 12.0. The molecule has 0 aliphatic carbocycles. The maximum Gasteiger partial charge on any atom is 0.329 e. The summed E-state index contributed by atoms with van der Waals surface area (Å²) in [6, 6.07) is 8.09. The van der Waals surface area contributed by atoms with Gasteiger partial charge in [-0.2, -0.15) is 5.26 Å². The molecule has 0 bridgehead atoms. The molecule has 1 aromatic rings. The lowest BCUT2D eigenvalue weighted by Gasteiger charge is -2.25. The highest BCUT2D eigenvalue weighted by Gasteiger charge is 2.34. The van der Waals surface area contributed by atoms with E-state index in [9.17, 15) is 14.7 Å². The number of amides is 1. The predicted molar refractivity (Wildman–Crippen MR) is 69.6 cm³/mol. The Kier molecular flexibility index (Phi) is 4.65. The third-order valence-corrected chi connectivity index (χ3v) is 2.87. The molecule has 0 saturated heterocycles. The standard InChI is InChI=1S/C14H16N2O3/c1-3-7-14(2,13(18)19)16-12(17)11-6-4-5-10(8-11)9-15/h4-6,8H,3,7H2,1-2H3,(H,16,17)(H,18,19). The number of carbonyl (C=O) groups excluding carboxylic acids is 1. The van der Waals surface area contributed by atoms with Gasteiger partial charge in [0, 0.05) is 5.56 Å². The lowest BCUT2D eigenvalue weighted by Crippen LogP contribution is -2.52. The van der Waals surface area contributed by atoms with E-state index in [1.165, 1.54) is 13.0 Å². The molecule has 0 radical (unpaired) electrons. The number of nitrogens with one attached hydrogen (secondary N) is 1. The number of hydrogen-bond acceptors (Lipinski definition) is 3. The van der Waals surface area contributed by atoms with Gasteiger partial charge >= 0.3 is 5.97 Å². The number of aliphatic carboxylic acids is 1. The maximum absolute atomic E-state index is 12.0. The second-order valence-electron chi connectivity index (χ2n) is 4.53. The number of carbonyl (C=O) groups is 2. The average Bonchev–Trinajstić information content (AvgIpc) is 2.38. The lowest BCUT2D eigenvalue weighted by molar-refractivity contribution is -0.144. The monoisotopic (exact) mass is 260 g/mol. The molecule has 0 aromatic heterocycles. The first-order valence-corrected chi connectivity index (χ1v) is 5.99. The van der Waals surface area contributed by atoms with Gasteiger partial charge in [-0.3, -0.25) is 4.79 Å². The molecule has 1 aromatic carbocycles. The summed E-state index contributed by atoms with van der Waals surface area (Å²) < 4.78 is 0. The molecule has 1 atom stereocenters. The van der Waals surface area contributed by atoms with Gasteiger partial charge in [0.05, 0.1) is 11.6 Å². The quantitative estimate of drug-likeness (QED) is 0.846. The number of hydrogen-bond donors (Lipinski definition) is 2. The minimum Gasteiger partial charge on any atom is -0.480 e. The van der Waals surface area contributed by atoms with Gasteiger partial charge in [0.2, 0.25) is 0 Å². The van der Waals surface area contributed by atoms with Crippen LogP contribution in [0.15, 0.2) is 24.3 Å². The van der Waals surface area contributed by atoms with E-state index >= 15 is 0 Å². The fourth-order valence-corrected chi connectivity index (χ4v) is 1.78. The van der Waals surface area contributed by atoms with Crippen LogP contribution in [0.25, 0.3) is 0 Å². The zero-order chi connectivity index (χ0) is 14.5. The predicted octanol–water partition coefficient (Wildman–Crippen LogP) is 1.93. The number of carboxylic acids is 1. The van der Waals surface area contributed by atoms with E-state index in [1.807, 2.05) is 13.0 Å². The van der Waals surface area contributed by atoms with Crippen molar-refractivity contribution < 1.29 is 14.7 Å². The molecule has 1 unspecified atom stereocenters. The first kappa shape index (κ1) is 14.7. The van der Waals surface area contributed by atoms with Crippen LogP contribution in [0.4, 0.5) is 0 Å². The largest absolute Gasteiger partial charge is 0.480 e. The van der Waals surface area contributed by atoms with E-state index in [-0.39, 0.29) is 5.56 Å². The van der Waals surface area contributed by atoms with Gasteiger partial charge in [-0.15, -0.1) is 0 Å². The lowest BCUT2D eigenvalue weighted by atomic mass is 9.95. The summed E-state index contributed by atoms with van der Waals surface area (Å²) in [5.74, 6) is -1.56. The van der Waals surface area contributed by atoms with Gasteiger partial charge in [0.15, 0.2) is 0 Å². The van der Waals surface area contributed by atoms with Crippen LogP contribution in [0.5, 0.6) is 0 Å². The summed E-state index contributed by atoms with van der Waals surface area (Å²) >= 11 is 0. The van der Waals surface area contributed by atoms with E-state index in [2.05, 4.69) is 5.32 Å². The minimum absolute atomic E-state index is 0.280. The van der Waals surface area contributed by atoms with Gasteiger partial charge in [-0.05, 0) is 31.5 Å². The Balaban J connectivity index is 2.94. The summed E-state index contributed by atoms with van der Waals surface area (Å²) in [4.78, 5) is 23.3. The number of nitrogens with zero attached hydrogens (tertiary/aromatic N) is 1. The Labute approximate surface area is 111 Å². The summed E-state index contributed by atoms with van der Waals surface area (Å²) in [6.45, 7) is 3.33. The highest BCUT2D eigenvalue weighted by Crippen LogP contribution is 2.14. The molecule has 1 amide bonds. The fraction of sp³-hybridized carbons (Fsp3) is 0.357. The van der Waals surface area contributed by atoms with Crippen molar-refractivity contribution in [3.8, 4) is 6.07 Å². The first-order valence-electron chi connectivity index (χ1n) is 5.99. The van der Waals surface area contributed by atoms with Crippen LogP contribution in [0.3, 0.4) is 0 Å². The van der Waals surface area contributed by atoms with Crippen LogP contribution < -0.4 is 5.32 Å². The number of rotatable bonds is 5. The molecule has 0 aliphatic rings. The fourth-order valence-electron chi connectivity index (χ4n) is 1.78. The Morgan fingerprint density at radius 2 is 2.16 bits per heavy atom. The second-order valence-corrected chi connectivity index (χ2v) is 4.53. The topological polar surface area (TPSA) is 90.2 Å². The molecule has 0 fully saturated rings. The number of carboxylic acid groups (broad SMARTS) is 1. The molecule has 19 heavy (non-hydrogen) atoms. The highest BCUT2D eigenvalue weighted by atomic mass is 16.4. The SMILES string of the molecule is CCCC(C)(NC(=O)c1cccc(C#N)c1)C(=O)O. The third kappa shape index (κ3) is 3.55. The Morgan fingerprint density at radius 1 is 1.47 bits per heavy atom. The van der Waals surface area contributed by atoms with Gasteiger partial charge in [0.25, 0.3) is 5.91 Å². The van der Waals surface area contributed by atoms with Crippen molar-refractivity contribution in [3.05, 3.63) is 35.4 Å². The molecular formula is C14H16N2O3. The average molecular weight is 260 g/mol. The summed E-state index contributed by atoms with van der Waals surface area (Å²) in [5.41, 5.74) is -0.656. The molecule has 0 aliphatic heterocycles. The molecule has 0 saturated carbocycles. The minimum atomic E-state index is -1.30. The van der Waals surface area contributed by atoms with Crippen molar-refractivity contribution in [3.63, 3.8) is 0 Å². The molecule has 2 N–H and O–H groups in total. The van der Waals surface area contributed by atoms with E-state index in [1.54, 1.807) is 18.2 Å². The van der Waals surface area contributed by atoms with Crippen molar-refractivity contribution >= 4 is 11.9 Å². The third-order valence-electron chi connectivity index (χ3n) is 2.87. The Morgan fingerprint density at radius 3 is 2.68 bits per heavy atom. The van der Waals surface area contributed by atoms with Gasteiger partial charge in [0.1, 0.15) is 5.54 Å². The van der Waals surface area contributed by atoms with Crippen molar-refractivity contribution in [1.82, 2.24) is 5.32 Å². The van der Waals surface area contributed by atoms with Crippen LogP contribution in [0, 0.1) is 11.3 Å². The van der Waals surface area contributed by atoms with Gasteiger partial charge in [-0.1, -0.05) is 19.4 Å². The number of benzene rings is 1. The van der Waals surface area contributed by atoms with Gasteiger partial charge in [-0.25, -0.2) is 4.79 Å². The van der Waals surface area contributed by atoms with Crippen molar-refractivity contribution in [2.45, 2.75) is 32.2 Å². The Bertz CT molecular complexity index is 534. The molecule has 100 valence electrons. The molecule has 1 rings (SSSR count). The van der Waals surface area contributed by atoms with Crippen LogP contribution in [-0.4, -0.2) is 22.5 Å². The molecule has 0 heterocycles. The van der Waals surface area contributed by atoms with E-state index < -0.39 is 17.4 Å². The van der Waals surface area contributed by atoms with Crippen molar-refractivity contribution in [1.29, 1.82) is 5.26 Å². The van der Waals surface area contributed by atoms with Crippen LogP contribution in [0.2, 0.25) is 0 Å². The zero-order valence-electron chi connectivity index (χ0n) is 10.9. The smallest absolute Gasteiger partial charge is 0.329 e. The van der Waals surface area contributed by atoms with E-state index in [0.717, 1.165) is 0 Å². The molecule has 0 spiro atoms. The van der Waals surface area contributed by atoms with Crippen LogP contribution in [-0.2, 0) is 4.79 Å². The zero-order valence-corrected chi connectivity index (χ0v) is 10.9. The van der Waals surface area contributed by atoms with Crippen molar-refractivity contribution in [2.75, 3.05) is 0 Å². The number of nitriles is 1. The summed E-state index contributed by atoms with van der Waals surface area (Å²) in [7, 11) is 0. The highest BCUT2D eigenvalue weighted by molar-refractivity contribution is 5.98. The molecule has 5 nitrogen and oxygen atoms in total. The second kappa shape index (κ2) is 6.01. The molecular weight excluding hydrogens is 244 g/mol. The normalized spacial score (nSPS) is 13.1. The van der Waals surface area contributed by atoms with E-state index in [4.69, 9.17) is 5.26 Å². The van der Waals surface area contributed by atoms with Gasteiger partial charge < -0.3 is 10.4 Å². The van der Waals surface area contributed by atoms with E-state index in [0.29, 0.717) is 18.4 Å². The van der Waals surface area contributed by atoms with Crippen molar-refractivity contribution in [2.24, 2.45) is 0 Å². The summed E-state index contributed by atoms with van der Waals surface area (Å²) in [5, 5.41) is 20.5. The van der Waals surface area contributed by atoms with Crippen LogP contribution in [0.1, 0.15) is 42.6 Å². The molecule has 5 heteroatoms. The van der Waals surface area contributed by atoms with Crippen LogP contribution >= 0.6 is 0 Å². The Hall–Kier alpha value is -2.35. The first-order chi connectivity index (χ1) is 8.92. The summed E-state index contributed by atoms with van der Waals surface area (Å²) in [6.07, 6.45) is 0.979.